The van der Waals surface area contributed by atoms with Crippen LogP contribution in [0.3, 0.4) is 0 Å². The van der Waals surface area contributed by atoms with Gasteiger partial charge in [-0.3, -0.25) is 0 Å². The van der Waals surface area contributed by atoms with Gasteiger partial charge in [-0.2, -0.15) is 0 Å². The summed E-state index contributed by atoms with van der Waals surface area (Å²) in [6.07, 6.45) is 0. The fourth-order valence-corrected chi connectivity index (χ4v) is 1.79. The van der Waals surface area contributed by atoms with Gasteiger partial charge in [-0.05, 0) is 17.7 Å². The summed E-state index contributed by atoms with van der Waals surface area (Å²) < 4.78 is 18.8. The maximum Gasteiger partial charge on any atom is 0.124 e. The Bertz CT molecular complexity index is 325. The zero-order valence-corrected chi connectivity index (χ0v) is 11.2. The average Bonchev–Trinajstić information content (AvgIpc) is 2.26. The summed E-state index contributed by atoms with van der Waals surface area (Å²) in [5.41, 5.74) is 1.03. The quantitative estimate of drug-likeness (QED) is 0.617. The molecule has 0 aliphatic rings. The van der Waals surface area contributed by atoms with E-state index in [1.165, 1.54) is 12.1 Å². The maximum absolute atomic E-state index is 12.8. The molecule has 90 valence electrons. The van der Waals surface area contributed by atoms with E-state index in [2.05, 4.69) is 21.2 Å². The first-order valence-electron chi connectivity index (χ1n) is 5.02. The number of hydrogen-bond donors (Lipinski definition) is 1. The molecular weight excluding hydrogens is 296 g/mol. The number of hydrogen-bond acceptors (Lipinski definition) is 2. The highest BCUT2D eigenvalue weighted by Gasteiger charge is 2.00. The van der Waals surface area contributed by atoms with E-state index in [-0.39, 0.29) is 5.82 Å². The van der Waals surface area contributed by atoms with Crippen molar-refractivity contribution >= 4 is 27.5 Å². The molecule has 0 saturated carbocycles. The highest BCUT2D eigenvalue weighted by molar-refractivity contribution is 9.10. The fraction of sp³-hybridized carbons (Fsp3) is 0.455. The normalized spacial score (nSPS) is 10.7. The van der Waals surface area contributed by atoms with E-state index in [1.807, 2.05) is 0 Å². The van der Waals surface area contributed by atoms with Gasteiger partial charge in [0.2, 0.25) is 0 Å². The Balaban J connectivity index is 2.21. The number of alkyl halides is 1. The highest BCUT2D eigenvalue weighted by atomic mass is 79.9. The first-order valence-corrected chi connectivity index (χ1v) is 6.35. The van der Waals surface area contributed by atoms with E-state index in [0.717, 1.165) is 16.6 Å². The summed E-state index contributed by atoms with van der Waals surface area (Å²) in [7, 11) is 0. The van der Waals surface area contributed by atoms with Crippen LogP contribution in [0, 0.1) is 5.82 Å². The molecule has 1 aromatic carbocycles. The number of ether oxygens (including phenoxy) is 1. The van der Waals surface area contributed by atoms with E-state index in [9.17, 15) is 4.39 Å². The first kappa shape index (κ1) is 13.9. The van der Waals surface area contributed by atoms with Crippen molar-refractivity contribution in [2.45, 2.75) is 6.54 Å². The lowest BCUT2D eigenvalue weighted by atomic mass is 10.2. The second-order valence-corrected chi connectivity index (χ2v) is 4.45. The predicted molar refractivity (Wildman–Crippen MR) is 67.3 cm³/mol. The second-order valence-electron chi connectivity index (χ2n) is 3.21. The van der Waals surface area contributed by atoms with E-state index < -0.39 is 0 Å². The van der Waals surface area contributed by atoms with Gasteiger partial charge in [0.15, 0.2) is 0 Å². The molecule has 0 spiro atoms. The Labute approximate surface area is 108 Å². The number of nitrogens with one attached hydrogen (secondary N) is 1. The summed E-state index contributed by atoms with van der Waals surface area (Å²) in [4.78, 5) is 0. The molecular formula is C11H14BrClFNO. The minimum absolute atomic E-state index is 0.235. The molecule has 5 heteroatoms. The van der Waals surface area contributed by atoms with Crippen LogP contribution in [0.5, 0.6) is 0 Å². The van der Waals surface area contributed by atoms with E-state index in [0.29, 0.717) is 25.6 Å². The van der Waals surface area contributed by atoms with Gasteiger partial charge in [0.25, 0.3) is 0 Å². The topological polar surface area (TPSA) is 21.3 Å². The molecule has 1 rings (SSSR count). The summed E-state index contributed by atoms with van der Waals surface area (Å²) in [5.74, 6) is 0.282. The van der Waals surface area contributed by atoms with Crippen LogP contribution in [0.25, 0.3) is 0 Å². The Morgan fingerprint density at radius 2 is 2.19 bits per heavy atom. The van der Waals surface area contributed by atoms with Crippen molar-refractivity contribution in [1.29, 1.82) is 0 Å². The van der Waals surface area contributed by atoms with Crippen LogP contribution in [0.1, 0.15) is 5.56 Å². The molecule has 1 aromatic rings. The fourth-order valence-electron chi connectivity index (χ4n) is 1.19. The van der Waals surface area contributed by atoms with Gasteiger partial charge in [0.1, 0.15) is 5.82 Å². The lowest BCUT2D eigenvalue weighted by molar-refractivity contribution is 0.151. The van der Waals surface area contributed by atoms with Crippen molar-refractivity contribution in [2.75, 3.05) is 25.6 Å². The maximum atomic E-state index is 12.8. The van der Waals surface area contributed by atoms with Crippen LogP contribution in [0.15, 0.2) is 22.7 Å². The SMILES string of the molecule is Fc1ccc(CNCCOCCCl)c(Br)c1. The Kier molecular flexibility index (Phi) is 6.96. The molecule has 0 amide bonds. The van der Waals surface area contributed by atoms with Gasteiger partial charge in [0, 0.05) is 23.4 Å². The van der Waals surface area contributed by atoms with Gasteiger partial charge in [0.05, 0.1) is 13.2 Å². The summed E-state index contributed by atoms with van der Waals surface area (Å²) in [5, 5.41) is 3.20. The van der Waals surface area contributed by atoms with Gasteiger partial charge in [-0.1, -0.05) is 22.0 Å². The zero-order chi connectivity index (χ0) is 11.8. The van der Waals surface area contributed by atoms with Crippen molar-refractivity contribution < 1.29 is 9.13 Å². The molecule has 0 bridgehead atoms. The molecule has 16 heavy (non-hydrogen) atoms. The molecule has 0 heterocycles. The van der Waals surface area contributed by atoms with Crippen molar-refractivity contribution in [2.24, 2.45) is 0 Å². The monoisotopic (exact) mass is 309 g/mol. The molecule has 1 N–H and O–H groups in total. The largest absolute Gasteiger partial charge is 0.379 e. The van der Waals surface area contributed by atoms with Crippen molar-refractivity contribution in [3.63, 3.8) is 0 Å². The third-order valence-electron chi connectivity index (χ3n) is 1.98. The van der Waals surface area contributed by atoms with Gasteiger partial charge >= 0.3 is 0 Å². The smallest absolute Gasteiger partial charge is 0.124 e. The van der Waals surface area contributed by atoms with Crippen molar-refractivity contribution in [3.05, 3.63) is 34.1 Å². The molecule has 0 aromatic heterocycles. The number of rotatable bonds is 7. The third-order valence-corrected chi connectivity index (χ3v) is 2.87. The summed E-state index contributed by atoms with van der Waals surface area (Å²) in [6, 6.07) is 4.67. The van der Waals surface area contributed by atoms with Crippen molar-refractivity contribution in [3.8, 4) is 0 Å². The Hall–Kier alpha value is -0.160. The minimum atomic E-state index is -0.235. The Morgan fingerprint density at radius 3 is 2.88 bits per heavy atom. The second kappa shape index (κ2) is 8.01. The number of halogens is 3. The minimum Gasteiger partial charge on any atom is -0.379 e. The lowest BCUT2D eigenvalue weighted by Crippen LogP contribution is -2.19. The van der Waals surface area contributed by atoms with Crippen LogP contribution >= 0.6 is 27.5 Å². The molecule has 0 saturated heterocycles. The molecule has 0 aliphatic heterocycles. The lowest BCUT2D eigenvalue weighted by Gasteiger charge is -2.07. The van der Waals surface area contributed by atoms with Gasteiger partial charge in [-0.25, -0.2) is 4.39 Å². The molecule has 0 unspecified atom stereocenters. The number of benzene rings is 1. The Morgan fingerprint density at radius 1 is 1.38 bits per heavy atom. The first-order chi connectivity index (χ1) is 7.74. The van der Waals surface area contributed by atoms with Crippen LogP contribution in [0.2, 0.25) is 0 Å². The van der Waals surface area contributed by atoms with Gasteiger partial charge < -0.3 is 10.1 Å². The molecule has 0 atom stereocenters. The van der Waals surface area contributed by atoms with Crippen LogP contribution in [-0.4, -0.2) is 25.6 Å². The zero-order valence-electron chi connectivity index (χ0n) is 8.81. The summed E-state index contributed by atoms with van der Waals surface area (Å²) in [6.45, 7) is 2.64. The van der Waals surface area contributed by atoms with E-state index in [1.54, 1.807) is 6.07 Å². The highest BCUT2D eigenvalue weighted by Crippen LogP contribution is 2.17. The molecule has 0 fully saturated rings. The standard InChI is InChI=1S/C11H14BrClFNO/c12-11-7-10(14)2-1-9(11)8-15-4-6-16-5-3-13/h1-2,7,15H,3-6,8H2. The third kappa shape index (κ3) is 5.25. The van der Waals surface area contributed by atoms with Crippen LogP contribution in [0.4, 0.5) is 4.39 Å². The predicted octanol–water partition coefficient (Wildman–Crippen LogP) is 2.93. The molecule has 0 radical (unpaired) electrons. The molecule has 0 aliphatic carbocycles. The van der Waals surface area contributed by atoms with E-state index in [4.69, 9.17) is 16.3 Å². The van der Waals surface area contributed by atoms with Crippen LogP contribution < -0.4 is 5.32 Å². The average molecular weight is 311 g/mol. The van der Waals surface area contributed by atoms with Gasteiger partial charge in [-0.15, -0.1) is 11.6 Å². The van der Waals surface area contributed by atoms with Crippen molar-refractivity contribution in [1.82, 2.24) is 5.32 Å². The molecule has 2 nitrogen and oxygen atoms in total. The van der Waals surface area contributed by atoms with Crippen LogP contribution in [-0.2, 0) is 11.3 Å². The summed E-state index contributed by atoms with van der Waals surface area (Å²) >= 11 is 8.77. The van der Waals surface area contributed by atoms with E-state index >= 15 is 0 Å².